The van der Waals surface area contributed by atoms with E-state index in [1.807, 2.05) is 18.2 Å². The summed E-state index contributed by atoms with van der Waals surface area (Å²) in [6.45, 7) is 4.00. The van der Waals surface area contributed by atoms with Gasteiger partial charge in [-0.05, 0) is 74.1 Å². The molecule has 1 aromatic heterocycles. The van der Waals surface area contributed by atoms with Crippen molar-refractivity contribution in [3.8, 4) is 5.75 Å². The molecule has 0 unspecified atom stereocenters. The molecule has 2 aliphatic rings. The molecule has 5 rings (SSSR count). The van der Waals surface area contributed by atoms with Gasteiger partial charge in [-0.2, -0.15) is 0 Å². The lowest BCUT2D eigenvalue weighted by Gasteiger charge is -2.23. The van der Waals surface area contributed by atoms with Gasteiger partial charge in [-0.3, -0.25) is 14.8 Å². The van der Waals surface area contributed by atoms with Crippen molar-refractivity contribution < 1.29 is 9.53 Å². The van der Waals surface area contributed by atoms with Crippen LogP contribution in [0.4, 0.5) is 5.69 Å². The third-order valence-electron chi connectivity index (χ3n) is 6.64. The lowest BCUT2D eigenvalue weighted by molar-refractivity contribution is 0.0998. The van der Waals surface area contributed by atoms with Crippen LogP contribution >= 0.6 is 0 Å². The fourth-order valence-electron chi connectivity index (χ4n) is 4.73. The maximum absolute atomic E-state index is 12.8. The Labute approximate surface area is 206 Å². The standard InChI is InChI=1S/C29H32N4O2/c34-28-16-24(20-35-25-10-8-22(9-11-25)15-21-5-2-1-3-6-21)33-29-26(28)12-14-32-27(29)19-31-18-23-7-4-13-30-17-23/h1-3,5-6,8-12,14,23,30-31H,4,7,13,15-20H2/t23-/m1/s1. The molecular weight excluding hydrogens is 436 g/mol. The maximum Gasteiger partial charge on any atom is 0.170 e. The van der Waals surface area contributed by atoms with Crippen molar-refractivity contribution >= 4 is 17.2 Å². The number of rotatable bonds is 9. The topological polar surface area (TPSA) is 75.6 Å². The normalized spacial score (nSPS) is 17.5. The predicted octanol–water partition coefficient (Wildman–Crippen LogP) is 4.50. The fraction of sp³-hybridized carbons (Fsp3) is 0.345. The van der Waals surface area contributed by atoms with Crippen LogP contribution in [-0.4, -0.2) is 42.7 Å². The van der Waals surface area contributed by atoms with Crippen LogP contribution in [0, 0.1) is 5.92 Å². The highest BCUT2D eigenvalue weighted by atomic mass is 16.5. The Morgan fingerprint density at radius 3 is 2.66 bits per heavy atom. The largest absolute Gasteiger partial charge is 0.488 e. The minimum absolute atomic E-state index is 0.0759. The minimum Gasteiger partial charge on any atom is -0.488 e. The molecule has 6 nitrogen and oxygen atoms in total. The van der Waals surface area contributed by atoms with Gasteiger partial charge in [0.25, 0.3) is 0 Å². The van der Waals surface area contributed by atoms with Gasteiger partial charge in [0, 0.05) is 18.3 Å². The fourth-order valence-corrected chi connectivity index (χ4v) is 4.73. The van der Waals surface area contributed by atoms with E-state index >= 15 is 0 Å². The average molecular weight is 469 g/mol. The number of nitrogens with one attached hydrogen (secondary N) is 2. The van der Waals surface area contributed by atoms with Crippen LogP contribution in [0.1, 0.15) is 46.4 Å². The number of benzene rings is 2. The molecule has 6 heteroatoms. The number of hydrogen-bond donors (Lipinski definition) is 2. The van der Waals surface area contributed by atoms with Gasteiger partial charge in [-0.25, -0.2) is 0 Å². The molecule has 0 radical (unpaired) electrons. The molecule has 0 saturated carbocycles. The first kappa shape index (κ1) is 23.4. The Bertz CT molecular complexity index is 1170. The van der Waals surface area contributed by atoms with Crippen LogP contribution in [0.3, 0.4) is 0 Å². The van der Waals surface area contributed by atoms with Crippen LogP contribution < -0.4 is 15.4 Å². The van der Waals surface area contributed by atoms with Crippen molar-refractivity contribution in [1.82, 2.24) is 15.6 Å². The third-order valence-corrected chi connectivity index (χ3v) is 6.64. The molecule has 180 valence electrons. The number of ketones is 1. The van der Waals surface area contributed by atoms with Crippen LogP contribution in [0.5, 0.6) is 5.75 Å². The zero-order valence-corrected chi connectivity index (χ0v) is 20.0. The van der Waals surface area contributed by atoms with Gasteiger partial charge in [-0.15, -0.1) is 0 Å². The predicted molar refractivity (Wildman–Crippen MR) is 139 cm³/mol. The number of Topliss-reactive ketones (excluding diaryl/α,β-unsaturated/α-hetero) is 1. The van der Waals surface area contributed by atoms with Gasteiger partial charge in [-0.1, -0.05) is 42.5 Å². The van der Waals surface area contributed by atoms with Crippen LogP contribution in [0.2, 0.25) is 0 Å². The summed E-state index contributed by atoms with van der Waals surface area (Å²) in [4.78, 5) is 22.1. The third kappa shape index (κ3) is 6.21. The number of hydrogen-bond acceptors (Lipinski definition) is 6. The zero-order chi connectivity index (χ0) is 23.9. The molecule has 2 aromatic carbocycles. The van der Waals surface area contributed by atoms with Crippen molar-refractivity contribution in [2.45, 2.75) is 32.2 Å². The van der Waals surface area contributed by atoms with E-state index in [1.54, 1.807) is 12.3 Å². The second-order valence-corrected chi connectivity index (χ2v) is 9.37. The Kier molecular flexibility index (Phi) is 7.61. The summed E-state index contributed by atoms with van der Waals surface area (Å²) in [6, 6.07) is 20.3. The first-order chi connectivity index (χ1) is 17.2. The van der Waals surface area contributed by atoms with Crippen molar-refractivity contribution in [1.29, 1.82) is 0 Å². The summed E-state index contributed by atoms with van der Waals surface area (Å²) in [5, 5.41) is 6.97. The molecule has 2 N–H and O–H groups in total. The highest BCUT2D eigenvalue weighted by molar-refractivity contribution is 6.16. The van der Waals surface area contributed by atoms with Crippen molar-refractivity contribution in [3.63, 3.8) is 0 Å². The molecule has 0 amide bonds. The molecule has 1 saturated heterocycles. The first-order valence-corrected chi connectivity index (χ1v) is 12.5. The quantitative estimate of drug-likeness (QED) is 0.484. The van der Waals surface area contributed by atoms with E-state index in [4.69, 9.17) is 9.73 Å². The number of nitrogens with zero attached hydrogens (tertiary/aromatic N) is 2. The molecule has 0 bridgehead atoms. The number of carbonyl (C=O) groups is 1. The molecule has 3 heterocycles. The van der Waals surface area contributed by atoms with Crippen LogP contribution in [-0.2, 0) is 13.0 Å². The van der Waals surface area contributed by atoms with Gasteiger partial charge in [0.1, 0.15) is 12.4 Å². The number of pyridine rings is 1. The van der Waals surface area contributed by atoms with E-state index in [1.165, 1.54) is 24.0 Å². The second kappa shape index (κ2) is 11.4. The van der Waals surface area contributed by atoms with E-state index in [0.29, 0.717) is 30.3 Å². The molecular formula is C29H32N4O2. The average Bonchev–Trinajstić information content (AvgIpc) is 2.90. The van der Waals surface area contributed by atoms with Gasteiger partial charge >= 0.3 is 0 Å². The number of ether oxygens (including phenoxy) is 1. The Morgan fingerprint density at radius 2 is 1.86 bits per heavy atom. The van der Waals surface area contributed by atoms with Crippen molar-refractivity contribution in [2.24, 2.45) is 10.9 Å². The zero-order valence-electron chi connectivity index (χ0n) is 20.0. The molecule has 1 fully saturated rings. The molecule has 1 atom stereocenters. The van der Waals surface area contributed by atoms with Crippen molar-refractivity contribution in [2.75, 3.05) is 26.2 Å². The van der Waals surface area contributed by atoms with E-state index < -0.39 is 0 Å². The van der Waals surface area contributed by atoms with Crippen LogP contribution in [0.15, 0.2) is 71.9 Å². The van der Waals surface area contributed by atoms with E-state index in [9.17, 15) is 4.79 Å². The highest BCUT2D eigenvalue weighted by Crippen LogP contribution is 2.29. The first-order valence-electron chi connectivity index (χ1n) is 12.5. The number of carbonyl (C=O) groups excluding carboxylic acids is 1. The smallest absolute Gasteiger partial charge is 0.170 e. The molecule has 3 aromatic rings. The SMILES string of the molecule is O=C1CC(COc2ccc(Cc3ccccc3)cc2)=Nc2c1ccnc2CNC[C@@H]1CCCNC1. The summed E-state index contributed by atoms with van der Waals surface area (Å²) in [5.41, 5.74) is 5.42. The number of fused-ring (bicyclic) bond motifs is 1. The number of aliphatic imine (C=N–C) groups is 1. The highest BCUT2D eigenvalue weighted by Gasteiger charge is 2.23. The molecule has 0 spiro atoms. The maximum atomic E-state index is 12.8. The van der Waals surface area contributed by atoms with E-state index in [2.05, 4.69) is 52.0 Å². The lowest BCUT2D eigenvalue weighted by atomic mass is 9.99. The van der Waals surface area contributed by atoms with E-state index in [0.717, 1.165) is 43.2 Å². The van der Waals surface area contributed by atoms with Crippen LogP contribution in [0.25, 0.3) is 0 Å². The number of aromatic nitrogens is 1. The van der Waals surface area contributed by atoms with E-state index in [-0.39, 0.29) is 12.2 Å². The summed E-state index contributed by atoms with van der Waals surface area (Å²) in [5.74, 6) is 1.49. The number of piperidine rings is 1. The van der Waals surface area contributed by atoms with Gasteiger partial charge < -0.3 is 15.4 Å². The summed E-state index contributed by atoms with van der Waals surface area (Å²) in [6.07, 6.45) is 5.35. The van der Waals surface area contributed by atoms with Gasteiger partial charge in [0.2, 0.25) is 0 Å². The van der Waals surface area contributed by atoms with Crippen molar-refractivity contribution in [3.05, 3.63) is 89.2 Å². The van der Waals surface area contributed by atoms with Gasteiger partial charge in [0.05, 0.1) is 23.5 Å². The summed E-state index contributed by atoms with van der Waals surface area (Å²) < 4.78 is 5.99. The molecule has 0 aliphatic carbocycles. The second-order valence-electron chi connectivity index (χ2n) is 9.37. The molecule has 2 aliphatic heterocycles. The Balaban J connectivity index is 1.20. The monoisotopic (exact) mass is 468 g/mol. The lowest BCUT2D eigenvalue weighted by Crippen LogP contribution is -2.36. The Hall–Kier alpha value is -3.35. The van der Waals surface area contributed by atoms with Gasteiger partial charge in [0.15, 0.2) is 5.78 Å². The molecule has 35 heavy (non-hydrogen) atoms. The summed E-state index contributed by atoms with van der Waals surface area (Å²) >= 11 is 0. The Morgan fingerprint density at radius 1 is 1.03 bits per heavy atom. The summed E-state index contributed by atoms with van der Waals surface area (Å²) in [7, 11) is 0. The minimum atomic E-state index is 0.0759.